The van der Waals surface area contributed by atoms with E-state index in [1.165, 1.54) is 6.07 Å². The summed E-state index contributed by atoms with van der Waals surface area (Å²) in [6.45, 7) is 2.85. The van der Waals surface area contributed by atoms with Crippen LogP contribution in [-0.4, -0.2) is 17.6 Å². The van der Waals surface area contributed by atoms with Crippen LogP contribution in [0.1, 0.15) is 18.9 Å². The normalized spacial score (nSPS) is 12.4. The molecule has 0 heterocycles. The van der Waals surface area contributed by atoms with Crippen molar-refractivity contribution >= 4 is 5.97 Å². The van der Waals surface area contributed by atoms with E-state index in [0.717, 1.165) is 0 Å². The number of nitrogens with one attached hydrogen (secondary N) is 1. The Kier molecular flexibility index (Phi) is 4.92. The minimum Gasteiger partial charge on any atom is -0.481 e. The lowest BCUT2D eigenvalue weighted by Crippen LogP contribution is -2.22. The zero-order valence-electron chi connectivity index (χ0n) is 9.24. The minimum atomic E-state index is -0.805. The molecule has 0 radical (unpaired) electrons. The number of aliphatic carboxylic acids is 1. The van der Waals surface area contributed by atoms with Crippen molar-refractivity contribution in [3.63, 3.8) is 0 Å². The molecule has 0 saturated heterocycles. The van der Waals surface area contributed by atoms with E-state index in [4.69, 9.17) is 5.11 Å². The van der Waals surface area contributed by atoms with Gasteiger partial charge in [0.2, 0.25) is 0 Å². The number of hydrogen-bond donors (Lipinski definition) is 2. The van der Waals surface area contributed by atoms with Crippen LogP contribution in [0.15, 0.2) is 24.3 Å². The number of carbonyl (C=O) groups is 1. The molecule has 4 heteroatoms. The number of carboxylic acid groups (broad SMARTS) is 1. The molecule has 16 heavy (non-hydrogen) atoms. The van der Waals surface area contributed by atoms with Crippen molar-refractivity contribution < 1.29 is 14.3 Å². The SMILES string of the molecule is CC(CNCc1ccccc1F)CC(=O)O. The van der Waals surface area contributed by atoms with E-state index in [1.54, 1.807) is 18.2 Å². The highest BCUT2D eigenvalue weighted by Gasteiger charge is 2.07. The first-order chi connectivity index (χ1) is 7.59. The first kappa shape index (κ1) is 12.6. The van der Waals surface area contributed by atoms with Crippen LogP contribution >= 0.6 is 0 Å². The zero-order chi connectivity index (χ0) is 12.0. The summed E-state index contributed by atoms with van der Waals surface area (Å²) in [6, 6.07) is 6.55. The summed E-state index contributed by atoms with van der Waals surface area (Å²) in [7, 11) is 0. The lowest BCUT2D eigenvalue weighted by atomic mass is 10.1. The van der Waals surface area contributed by atoms with Crippen molar-refractivity contribution in [1.29, 1.82) is 0 Å². The van der Waals surface area contributed by atoms with Gasteiger partial charge in [0.25, 0.3) is 0 Å². The fourth-order valence-corrected chi connectivity index (χ4v) is 1.47. The van der Waals surface area contributed by atoms with Gasteiger partial charge in [-0.15, -0.1) is 0 Å². The molecule has 1 atom stereocenters. The van der Waals surface area contributed by atoms with Gasteiger partial charge in [0, 0.05) is 18.5 Å². The Morgan fingerprint density at radius 1 is 1.50 bits per heavy atom. The molecule has 3 nitrogen and oxygen atoms in total. The second kappa shape index (κ2) is 6.23. The van der Waals surface area contributed by atoms with Gasteiger partial charge in [-0.2, -0.15) is 0 Å². The Balaban J connectivity index is 2.30. The Bertz CT molecular complexity index is 355. The maximum absolute atomic E-state index is 13.2. The third-order valence-electron chi connectivity index (χ3n) is 2.29. The third kappa shape index (κ3) is 4.40. The predicted octanol–water partition coefficient (Wildman–Crippen LogP) is 2.03. The van der Waals surface area contributed by atoms with Crippen LogP contribution in [0.4, 0.5) is 4.39 Å². The van der Waals surface area contributed by atoms with E-state index in [2.05, 4.69) is 5.32 Å². The third-order valence-corrected chi connectivity index (χ3v) is 2.29. The molecular formula is C12H16FNO2. The monoisotopic (exact) mass is 225 g/mol. The first-order valence-corrected chi connectivity index (χ1v) is 5.25. The minimum absolute atomic E-state index is 0.0456. The summed E-state index contributed by atoms with van der Waals surface area (Å²) in [5, 5.41) is 11.6. The largest absolute Gasteiger partial charge is 0.481 e. The second-order valence-corrected chi connectivity index (χ2v) is 3.93. The van der Waals surface area contributed by atoms with Gasteiger partial charge in [0.05, 0.1) is 0 Å². The molecule has 0 saturated carbocycles. The van der Waals surface area contributed by atoms with E-state index in [9.17, 15) is 9.18 Å². The molecule has 1 unspecified atom stereocenters. The molecule has 0 aliphatic heterocycles. The van der Waals surface area contributed by atoms with Gasteiger partial charge >= 0.3 is 5.97 Å². The lowest BCUT2D eigenvalue weighted by Gasteiger charge is -2.10. The molecular weight excluding hydrogens is 209 g/mol. The summed E-state index contributed by atoms with van der Waals surface area (Å²) in [6.07, 6.45) is 0.129. The van der Waals surface area contributed by atoms with Gasteiger partial charge in [0.1, 0.15) is 5.82 Å². The van der Waals surface area contributed by atoms with E-state index in [0.29, 0.717) is 18.7 Å². The van der Waals surface area contributed by atoms with Gasteiger partial charge in [-0.25, -0.2) is 4.39 Å². The molecule has 1 rings (SSSR count). The molecule has 0 amide bonds. The highest BCUT2D eigenvalue weighted by molar-refractivity contribution is 5.66. The molecule has 88 valence electrons. The highest BCUT2D eigenvalue weighted by Crippen LogP contribution is 2.06. The lowest BCUT2D eigenvalue weighted by molar-refractivity contribution is -0.137. The Morgan fingerprint density at radius 2 is 2.19 bits per heavy atom. The molecule has 0 aliphatic carbocycles. The summed E-state index contributed by atoms with van der Waals surface area (Å²) >= 11 is 0. The van der Waals surface area contributed by atoms with Crippen molar-refractivity contribution in [2.75, 3.05) is 6.54 Å². The fraction of sp³-hybridized carbons (Fsp3) is 0.417. The standard InChI is InChI=1S/C12H16FNO2/c1-9(6-12(15)16)7-14-8-10-4-2-3-5-11(10)13/h2-5,9,14H,6-8H2,1H3,(H,15,16). The van der Waals surface area contributed by atoms with Gasteiger partial charge in [-0.05, 0) is 18.5 Å². The van der Waals surface area contributed by atoms with Crippen molar-refractivity contribution in [2.45, 2.75) is 19.9 Å². The number of rotatable bonds is 6. The average Bonchev–Trinajstić information content (AvgIpc) is 2.19. The van der Waals surface area contributed by atoms with Crippen LogP contribution in [0, 0.1) is 11.7 Å². The van der Waals surface area contributed by atoms with Crippen LogP contribution in [0.2, 0.25) is 0 Å². The maximum Gasteiger partial charge on any atom is 0.303 e. The number of hydrogen-bond acceptors (Lipinski definition) is 2. The molecule has 0 aromatic heterocycles. The first-order valence-electron chi connectivity index (χ1n) is 5.25. The fourth-order valence-electron chi connectivity index (χ4n) is 1.47. The number of benzene rings is 1. The molecule has 0 bridgehead atoms. The van der Waals surface area contributed by atoms with E-state index < -0.39 is 5.97 Å². The molecule has 0 fully saturated rings. The van der Waals surface area contributed by atoms with Crippen LogP contribution in [0.3, 0.4) is 0 Å². The second-order valence-electron chi connectivity index (χ2n) is 3.93. The zero-order valence-corrected chi connectivity index (χ0v) is 9.24. The summed E-state index contributed by atoms with van der Waals surface area (Å²) < 4.78 is 13.2. The molecule has 0 aliphatic rings. The molecule has 2 N–H and O–H groups in total. The van der Waals surface area contributed by atoms with Gasteiger partial charge in [0.15, 0.2) is 0 Å². The van der Waals surface area contributed by atoms with E-state index in [-0.39, 0.29) is 18.2 Å². The Hall–Kier alpha value is -1.42. The maximum atomic E-state index is 13.2. The quantitative estimate of drug-likeness (QED) is 0.778. The summed E-state index contributed by atoms with van der Waals surface area (Å²) in [4.78, 5) is 10.4. The van der Waals surface area contributed by atoms with Crippen LogP contribution < -0.4 is 5.32 Å². The average molecular weight is 225 g/mol. The van der Waals surface area contributed by atoms with Crippen molar-refractivity contribution in [3.8, 4) is 0 Å². The smallest absolute Gasteiger partial charge is 0.303 e. The number of halogens is 1. The van der Waals surface area contributed by atoms with Crippen molar-refractivity contribution in [1.82, 2.24) is 5.32 Å². The number of carboxylic acids is 1. The van der Waals surface area contributed by atoms with Crippen molar-refractivity contribution in [2.24, 2.45) is 5.92 Å². The Morgan fingerprint density at radius 3 is 2.81 bits per heavy atom. The summed E-state index contributed by atoms with van der Waals surface area (Å²) in [5.74, 6) is -0.995. The van der Waals surface area contributed by atoms with Crippen LogP contribution in [-0.2, 0) is 11.3 Å². The van der Waals surface area contributed by atoms with Crippen LogP contribution in [0.25, 0.3) is 0 Å². The van der Waals surface area contributed by atoms with E-state index >= 15 is 0 Å². The van der Waals surface area contributed by atoms with Gasteiger partial charge in [-0.1, -0.05) is 25.1 Å². The Labute approximate surface area is 94.3 Å². The van der Waals surface area contributed by atoms with Gasteiger partial charge in [-0.3, -0.25) is 4.79 Å². The predicted molar refractivity (Wildman–Crippen MR) is 59.5 cm³/mol. The molecule has 0 spiro atoms. The topological polar surface area (TPSA) is 49.3 Å². The summed E-state index contributed by atoms with van der Waals surface area (Å²) in [5.41, 5.74) is 0.602. The molecule has 1 aromatic rings. The van der Waals surface area contributed by atoms with Gasteiger partial charge < -0.3 is 10.4 Å². The van der Waals surface area contributed by atoms with Crippen molar-refractivity contribution in [3.05, 3.63) is 35.6 Å². The highest BCUT2D eigenvalue weighted by atomic mass is 19.1. The molecule has 1 aromatic carbocycles. The van der Waals surface area contributed by atoms with Crippen LogP contribution in [0.5, 0.6) is 0 Å². The van der Waals surface area contributed by atoms with E-state index in [1.807, 2.05) is 6.92 Å².